The number of hydrogen-bond donors (Lipinski definition) is 2. The highest BCUT2D eigenvalue weighted by Crippen LogP contribution is 2.47. The van der Waals surface area contributed by atoms with E-state index in [-0.39, 0.29) is 29.5 Å². The second-order valence-corrected chi connectivity index (χ2v) is 10.2. The summed E-state index contributed by atoms with van der Waals surface area (Å²) < 4.78 is 99.9. The fourth-order valence-electron chi connectivity index (χ4n) is 5.49. The summed E-state index contributed by atoms with van der Waals surface area (Å²) in [7, 11) is 0. The van der Waals surface area contributed by atoms with Crippen molar-refractivity contribution in [3.8, 4) is 0 Å². The van der Waals surface area contributed by atoms with Gasteiger partial charge in [-0.3, -0.25) is 4.79 Å². The summed E-state index contributed by atoms with van der Waals surface area (Å²) in [5, 5.41) is 2.91. The summed E-state index contributed by atoms with van der Waals surface area (Å²) in [4.78, 5) is 12.3. The number of amides is 1. The summed E-state index contributed by atoms with van der Waals surface area (Å²) in [6, 6.07) is 6.78. The van der Waals surface area contributed by atoms with E-state index in [0.29, 0.717) is 37.0 Å². The predicted octanol–water partition coefficient (Wildman–Crippen LogP) is 6.11. The molecule has 1 aliphatic heterocycles. The van der Waals surface area contributed by atoms with Crippen molar-refractivity contribution in [3.05, 3.63) is 70.5 Å². The quantitative estimate of drug-likeness (QED) is 0.457. The average Bonchev–Trinajstić information content (AvgIpc) is 3.32. The van der Waals surface area contributed by atoms with Crippen LogP contribution in [0.5, 0.6) is 0 Å². The molecule has 4 nitrogen and oxygen atoms in total. The minimum atomic E-state index is -4.97. The highest BCUT2D eigenvalue weighted by Gasteiger charge is 2.49. The van der Waals surface area contributed by atoms with Gasteiger partial charge in [0.05, 0.1) is 28.9 Å². The number of ether oxygens (including phenoxy) is 1. The Morgan fingerprint density at radius 1 is 1.00 bits per heavy atom. The standard InChI is InChI=1S/C26H27F7N2O2/c1-13(15-9-16(25(28,29)30)11-17(10-15)26(31,32)33)37-21-8-7-19(20-12-24(2,34)23(36)35-20)22(21)14-3-5-18(27)6-4-14/h3-6,9-11,13,19-22H,7-8,12,34H2,1-2H3,(H,35,36)/t13-,19+,20?,21?,22+,24-/m1/s1. The molecule has 2 aromatic rings. The molecule has 2 aromatic carbocycles. The Labute approximate surface area is 209 Å². The topological polar surface area (TPSA) is 64.3 Å². The molecule has 3 N–H and O–H groups in total. The molecule has 0 radical (unpaired) electrons. The van der Waals surface area contributed by atoms with Crippen LogP contribution in [0.25, 0.3) is 0 Å². The van der Waals surface area contributed by atoms with Crippen LogP contribution in [-0.4, -0.2) is 23.6 Å². The maximum atomic E-state index is 13.6. The van der Waals surface area contributed by atoms with Crippen LogP contribution in [0.4, 0.5) is 30.7 Å². The van der Waals surface area contributed by atoms with E-state index in [0.717, 1.165) is 0 Å². The largest absolute Gasteiger partial charge is 0.416 e. The molecule has 0 spiro atoms. The van der Waals surface area contributed by atoms with Crippen molar-refractivity contribution in [1.82, 2.24) is 5.32 Å². The Kier molecular flexibility index (Phi) is 7.09. The van der Waals surface area contributed by atoms with E-state index in [1.54, 1.807) is 19.1 Å². The van der Waals surface area contributed by atoms with Gasteiger partial charge in [-0.15, -0.1) is 0 Å². The lowest BCUT2D eigenvalue weighted by Gasteiger charge is -2.31. The average molecular weight is 533 g/mol. The zero-order valence-electron chi connectivity index (χ0n) is 20.1. The predicted molar refractivity (Wildman–Crippen MR) is 121 cm³/mol. The molecule has 1 amide bonds. The molecule has 2 fully saturated rings. The number of hydrogen-bond acceptors (Lipinski definition) is 3. The molecule has 1 aliphatic carbocycles. The summed E-state index contributed by atoms with van der Waals surface area (Å²) in [5.41, 5.74) is 2.63. The lowest BCUT2D eigenvalue weighted by molar-refractivity contribution is -0.143. The van der Waals surface area contributed by atoms with Crippen molar-refractivity contribution in [1.29, 1.82) is 0 Å². The molecule has 1 saturated heterocycles. The summed E-state index contributed by atoms with van der Waals surface area (Å²) in [6.07, 6.45) is -10.3. The molecule has 11 heteroatoms. The van der Waals surface area contributed by atoms with Crippen molar-refractivity contribution in [2.24, 2.45) is 11.7 Å². The Morgan fingerprint density at radius 3 is 2.05 bits per heavy atom. The van der Waals surface area contributed by atoms with Crippen molar-refractivity contribution in [3.63, 3.8) is 0 Å². The maximum absolute atomic E-state index is 13.6. The van der Waals surface area contributed by atoms with Crippen LogP contribution < -0.4 is 11.1 Å². The minimum Gasteiger partial charge on any atom is -0.370 e. The second-order valence-electron chi connectivity index (χ2n) is 10.2. The van der Waals surface area contributed by atoms with Crippen molar-refractivity contribution in [2.45, 2.75) is 75.2 Å². The van der Waals surface area contributed by atoms with Crippen LogP contribution in [0.1, 0.15) is 67.4 Å². The summed E-state index contributed by atoms with van der Waals surface area (Å²) in [5.74, 6) is -1.34. The lowest BCUT2D eigenvalue weighted by atomic mass is 9.81. The smallest absolute Gasteiger partial charge is 0.370 e. The van der Waals surface area contributed by atoms with Crippen molar-refractivity contribution < 1.29 is 40.3 Å². The van der Waals surface area contributed by atoms with Gasteiger partial charge in [0.25, 0.3) is 0 Å². The van der Waals surface area contributed by atoms with Crippen molar-refractivity contribution >= 4 is 5.91 Å². The number of nitrogens with two attached hydrogens (primary N) is 1. The molecular formula is C26H27F7N2O2. The van der Waals surface area contributed by atoms with Gasteiger partial charge in [-0.05, 0) is 80.5 Å². The molecule has 2 unspecified atom stereocenters. The summed E-state index contributed by atoms with van der Waals surface area (Å²) in [6.45, 7) is 3.02. The first kappa shape index (κ1) is 27.4. The summed E-state index contributed by atoms with van der Waals surface area (Å²) >= 11 is 0. The fourth-order valence-corrected chi connectivity index (χ4v) is 5.49. The molecule has 1 heterocycles. The molecular weight excluding hydrogens is 505 g/mol. The van der Waals surface area contributed by atoms with Gasteiger partial charge in [-0.2, -0.15) is 26.3 Å². The third-order valence-corrected chi connectivity index (χ3v) is 7.36. The van der Waals surface area contributed by atoms with E-state index in [9.17, 15) is 35.5 Å². The van der Waals surface area contributed by atoms with E-state index in [1.807, 2.05) is 0 Å². The third kappa shape index (κ3) is 5.77. The van der Waals surface area contributed by atoms with Gasteiger partial charge < -0.3 is 15.8 Å². The van der Waals surface area contributed by atoms with Crippen LogP contribution >= 0.6 is 0 Å². The van der Waals surface area contributed by atoms with Gasteiger partial charge in [0, 0.05) is 12.0 Å². The number of rotatable bonds is 5. The zero-order valence-corrected chi connectivity index (χ0v) is 20.1. The molecule has 4 rings (SSSR count). The van der Waals surface area contributed by atoms with Crippen LogP contribution in [0.3, 0.4) is 0 Å². The first-order chi connectivity index (χ1) is 17.1. The first-order valence-electron chi connectivity index (χ1n) is 11.9. The molecule has 0 aromatic heterocycles. The maximum Gasteiger partial charge on any atom is 0.416 e. The fraction of sp³-hybridized carbons (Fsp3) is 0.500. The normalized spacial score (nSPS) is 29.4. The van der Waals surface area contributed by atoms with Gasteiger partial charge in [-0.25, -0.2) is 4.39 Å². The van der Waals surface area contributed by atoms with Crippen LogP contribution in [-0.2, 0) is 21.9 Å². The van der Waals surface area contributed by atoms with Crippen LogP contribution in [0.15, 0.2) is 42.5 Å². The second kappa shape index (κ2) is 9.58. The number of alkyl halides is 6. The Hall–Kier alpha value is -2.66. The van der Waals surface area contributed by atoms with Crippen LogP contribution in [0, 0.1) is 11.7 Å². The highest BCUT2D eigenvalue weighted by molar-refractivity contribution is 5.88. The lowest BCUT2D eigenvalue weighted by Crippen LogP contribution is -2.43. The minimum absolute atomic E-state index is 0.0791. The Balaban J connectivity index is 1.65. The van der Waals surface area contributed by atoms with Gasteiger partial charge in [0.15, 0.2) is 0 Å². The molecule has 6 atom stereocenters. The van der Waals surface area contributed by atoms with E-state index < -0.39 is 53.0 Å². The molecule has 2 aliphatic rings. The van der Waals surface area contributed by atoms with Gasteiger partial charge >= 0.3 is 12.4 Å². The Bertz CT molecular complexity index is 1110. The van der Waals surface area contributed by atoms with Gasteiger partial charge in [0.1, 0.15) is 5.82 Å². The monoisotopic (exact) mass is 532 g/mol. The number of halogens is 7. The molecule has 1 saturated carbocycles. The number of carbonyl (C=O) groups excluding carboxylic acids is 1. The van der Waals surface area contributed by atoms with Crippen molar-refractivity contribution in [2.75, 3.05) is 0 Å². The Morgan fingerprint density at radius 2 is 1.57 bits per heavy atom. The number of nitrogens with one attached hydrogen (secondary N) is 1. The van der Waals surface area contributed by atoms with Crippen LogP contribution in [0.2, 0.25) is 0 Å². The number of carbonyl (C=O) groups is 1. The SMILES string of the molecule is C[C@@H](OC1CC[C@@H](C2C[C@@](C)(N)C(=O)N2)[C@@H]1c1ccc(F)cc1)c1cc(C(F)(F)F)cc(C(F)(F)F)c1. The van der Waals surface area contributed by atoms with E-state index in [1.165, 1.54) is 19.1 Å². The first-order valence-corrected chi connectivity index (χ1v) is 11.9. The third-order valence-electron chi connectivity index (χ3n) is 7.36. The van der Waals surface area contributed by atoms with E-state index >= 15 is 0 Å². The molecule has 202 valence electrons. The number of benzene rings is 2. The van der Waals surface area contributed by atoms with E-state index in [4.69, 9.17) is 10.5 Å². The zero-order chi connectivity index (χ0) is 27.3. The van der Waals surface area contributed by atoms with Gasteiger partial charge in [0.2, 0.25) is 5.91 Å². The van der Waals surface area contributed by atoms with Gasteiger partial charge in [-0.1, -0.05) is 12.1 Å². The highest BCUT2D eigenvalue weighted by atomic mass is 19.4. The molecule has 0 bridgehead atoms. The molecule has 37 heavy (non-hydrogen) atoms. The van der Waals surface area contributed by atoms with E-state index in [2.05, 4.69) is 5.32 Å².